The van der Waals surface area contributed by atoms with E-state index in [4.69, 9.17) is 0 Å². The first-order valence-electron chi connectivity index (χ1n) is 14.7. The molecule has 0 aromatic heterocycles. The maximum absolute atomic E-state index is 11.3. The van der Waals surface area contributed by atoms with Crippen LogP contribution in [0.4, 0.5) is 0 Å². The van der Waals surface area contributed by atoms with E-state index < -0.39 is 0 Å². The quantitative estimate of drug-likeness (QED) is 0.260. The molecule has 2 rings (SSSR count). The van der Waals surface area contributed by atoms with Crippen molar-refractivity contribution in [1.82, 2.24) is 0 Å². The van der Waals surface area contributed by atoms with Gasteiger partial charge in [0.25, 0.3) is 0 Å². The zero-order valence-corrected chi connectivity index (χ0v) is 23.0. The number of aromatic hydroxyl groups is 1. The molecule has 0 aliphatic heterocycles. The zero-order valence-electron chi connectivity index (χ0n) is 23.0. The molecular formula is C32H56O. The van der Waals surface area contributed by atoms with Crippen molar-refractivity contribution in [1.29, 1.82) is 0 Å². The molecule has 1 aromatic rings. The van der Waals surface area contributed by atoms with Crippen molar-refractivity contribution in [3.8, 4) is 5.75 Å². The Labute approximate surface area is 207 Å². The lowest BCUT2D eigenvalue weighted by Gasteiger charge is -2.29. The summed E-state index contributed by atoms with van der Waals surface area (Å²) in [6.45, 7) is 11.6. The van der Waals surface area contributed by atoms with Crippen molar-refractivity contribution in [2.45, 2.75) is 167 Å². The Balaban J connectivity index is 1.79. The summed E-state index contributed by atoms with van der Waals surface area (Å²) >= 11 is 0. The molecule has 0 spiro atoms. The second-order valence-corrected chi connectivity index (χ2v) is 12.2. The minimum absolute atomic E-state index is 0.127. The summed E-state index contributed by atoms with van der Waals surface area (Å²) in [5.41, 5.74) is 3.99. The Hall–Kier alpha value is -0.980. The summed E-state index contributed by atoms with van der Waals surface area (Å²) in [5, 5.41) is 11.3. The van der Waals surface area contributed by atoms with Crippen molar-refractivity contribution in [2.75, 3.05) is 0 Å². The van der Waals surface area contributed by atoms with Crippen molar-refractivity contribution in [3.05, 3.63) is 28.8 Å². The average molecular weight is 457 g/mol. The first-order valence-corrected chi connectivity index (χ1v) is 14.7. The van der Waals surface area contributed by atoms with Crippen molar-refractivity contribution in [3.63, 3.8) is 0 Å². The summed E-state index contributed by atoms with van der Waals surface area (Å²) in [6.07, 6.45) is 24.5. The predicted molar refractivity (Wildman–Crippen MR) is 147 cm³/mol. The predicted octanol–water partition coefficient (Wildman–Crippen LogP) is 10.9. The van der Waals surface area contributed by atoms with Crippen LogP contribution in [0.2, 0.25) is 0 Å². The summed E-state index contributed by atoms with van der Waals surface area (Å²) < 4.78 is 0. The van der Waals surface area contributed by atoms with Crippen LogP contribution >= 0.6 is 0 Å². The number of phenols is 1. The highest BCUT2D eigenvalue weighted by molar-refractivity contribution is 5.49. The smallest absolute Gasteiger partial charge is 0.122 e. The van der Waals surface area contributed by atoms with Gasteiger partial charge in [-0.25, -0.2) is 0 Å². The number of hydrogen-bond donors (Lipinski definition) is 1. The molecule has 1 atom stereocenters. The summed E-state index contributed by atoms with van der Waals surface area (Å²) in [6, 6.07) is 4.66. The highest BCUT2D eigenvalue weighted by Crippen LogP contribution is 2.43. The molecule has 1 aliphatic carbocycles. The molecule has 1 fully saturated rings. The highest BCUT2D eigenvalue weighted by atomic mass is 16.3. The molecule has 1 aromatic carbocycles. The minimum atomic E-state index is 0.127. The van der Waals surface area contributed by atoms with Gasteiger partial charge < -0.3 is 5.11 Å². The molecule has 1 unspecified atom stereocenters. The van der Waals surface area contributed by atoms with Crippen LogP contribution in [0.5, 0.6) is 5.75 Å². The van der Waals surface area contributed by atoms with E-state index in [9.17, 15) is 5.11 Å². The van der Waals surface area contributed by atoms with E-state index in [1.807, 2.05) is 0 Å². The van der Waals surface area contributed by atoms with Gasteiger partial charge in [-0.3, -0.25) is 0 Å². The Morgan fingerprint density at radius 2 is 1.30 bits per heavy atom. The van der Waals surface area contributed by atoms with E-state index in [1.165, 1.54) is 132 Å². The minimum Gasteiger partial charge on any atom is -0.507 e. The van der Waals surface area contributed by atoms with Gasteiger partial charge in [-0.1, -0.05) is 143 Å². The molecule has 1 aliphatic rings. The lowest BCUT2D eigenvalue weighted by molar-refractivity contribution is 0.406. The molecule has 0 saturated heterocycles. The fourth-order valence-electron chi connectivity index (χ4n) is 5.66. The van der Waals surface area contributed by atoms with E-state index >= 15 is 0 Å². The van der Waals surface area contributed by atoms with Crippen LogP contribution in [0.15, 0.2) is 12.1 Å². The van der Waals surface area contributed by atoms with Crippen LogP contribution in [0.3, 0.4) is 0 Å². The van der Waals surface area contributed by atoms with Gasteiger partial charge in [0.2, 0.25) is 0 Å². The summed E-state index contributed by atoms with van der Waals surface area (Å²) in [7, 11) is 0. The van der Waals surface area contributed by atoms with E-state index in [0.717, 1.165) is 0 Å². The monoisotopic (exact) mass is 456 g/mol. The topological polar surface area (TPSA) is 20.2 Å². The maximum atomic E-state index is 11.3. The lowest BCUT2D eigenvalue weighted by Crippen LogP contribution is -2.15. The first-order chi connectivity index (χ1) is 15.8. The largest absolute Gasteiger partial charge is 0.507 e. The third-order valence-corrected chi connectivity index (χ3v) is 8.10. The molecule has 1 heteroatoms. The van der Waals surface area contributed by atoms with Crippen LogP contribution in [0.25, 0.3) is 0 Å². The third-order valence-electron chi connectivity index (χ3n) is 8.10. The average Bonchev–Trinajstić information content (AvgIpc) is 2.79. The molecule has 33 heavy (non-hydrogen) atoms. The van der Waals surface area contributed by atoms with Gasteiger partial charge in [-0.05, 0) is 53.2 Å². The van der Waals surface area contributed by atoms with Gasteiger partial charge in [0.1, 0.15) is 5.75 Å². The first kappa shape index (κ1) is 28.3. The van der Waals surface area contributed by atoms with Crippen LogP contribution in [-0.4, -0.2) is 5.11 Å². The molecule has 1 N–H and O–H groups in total. The lowest BCUT2D eigenvalue weighted by atomic mass is 9.77. The van der Waals surface area contributed by atoms with Gasteiger partial charge in [-0.2, -0.15) is 0 Å². The van der Waals surface area contributed by atoms with Crippen molar-refractivity contribution >= 4 is 0 Å². The third kappa shape index (κ3) is 10.0. The van der Waals surface area contributed by atoms with Crippen molar-refractivity contribution in [2.24, 2.45) is 0 Å². The second kappa shape index (κ2) is 15.1. The van der Waals surface area contributed by atoms with Crippen LogP contribution in [0.1, 0.15) is 179 Å². The Bertz CT molecular complexity index is 647. The molecule has 1 saturated carbocycles. The SMILES string of the molecule is CCCCCCCCCCCCCCC(C)c1cc(C(C)(C)C)cc(C2CCCCC2)c1O. The van der Waals surface area contributed by atoms with Gasteiger partial charge in [0.15, 0.2) is 0 Å². The Morgan fingerprint density at radius 1 is 0.788 bits per heavy atom. The van der Waals surface area contributed by atoms with E-state index in [-0.39, 0.29) is 5.41 Å². The van der Waals surface area contributed by atoms with E-state index in [2.05, 4.69) is 46.8 Å². The number of benzene rings is 1. The van der Waals surface area contributed by atoms with Gasteiger partial charge in [-0.15, -0.1) is 0 Å². The molecule has 0 bridgehead atoms. The van der Waals surface area contributed by atoms with Gasteiger partial charge >= 0.3 is 0 Å². The number of phenolic OH excluding ortho intramolecular Hbond substituents is 1. The molecule has 0 radical (unpaired) electrons. The van der Waals surface area contributed by atoms with Gasteiger partial charge in [0, 0.05) is 0 Å². The van der Waals surface area contributed by atoms with E-state index in [1.54, 1.807) is 0 Å². The highest BCUT2D eigenvalue weighted by Gasteiger charge is 2.25. The second-order valence-electron chi connectivity index (χ2n) is 12.2. The zero-order chi connectivity index (χ0) is 24.1. The fourth-order valence-corrected chi connectivity index (χ4v) is 5.66. The van der Waals surface area contributed by atoms with Gasteiger partial charge in [0.05, 0.1) is 0 Å². The molecule has 1 nitrogen and oxygen atoms in total. The Morgan fingerprint density at radius 3 is 1.82 bits per heavy atom. The number of hydrogen-bond acceptors (Lipinski definition) is 1. The molecule has 0 heterocycles. The number of rotatable bonds is 15. The summed E-state index contributed by atoms with van der Waals surface area (Å²) in [4.78, 5) is 0. The van der Waals surface area contributed by atoms with Crippen LogP contribution in [-0.2, 0) is 5.41 Å². The molecule has 190 valence electrons. The number of unbranched alkanes of at least 4 members (excludes halogenated alkanes) is 11. The maximum Gasteiger partial charge on any atom is 0.122 e. The fraction of sp³-hybridized carbons (Fsp3) is 0.812. The standard InChI is InChI=1S/C32H56O/c1-6-7-8-9-10-11-12-13-14-15-16-18-21-26(2)29-24-28(32(3,4)5)25-30(31(29)33)27-22-19-17-20-23-27/h24-27,33H,6-23H2,1-5H3. The van der Waals surface area contributed by atoms with Crippen LogP contribution < -0.4 is 0 Å². The molecule has 0 amide bonds. The van der Waals surface area contributed by atoms with E-state index in [0.29, 0.717) is 17.6 Å². The Kier molecular flexibility index (Phi) is 12.9. The normalized spacial score (nSPS) is 16.3. The van der Waals surface area contributed by atoms with Crippen LogP contribution in [0, 0.1) is 0 Å². The molecular weight excluding hydrogens is 400 g/mol. The summed E-state index contributed by atoms with van der Waals surface area (Å²) in [5.74, 6) is 1.62. The van der Waals surface area contributed by atoms with Crippen molar-refractivity contribution < 1.29 is 5.11 Å².